The minimum absolute atomic E-state index is 0.240. The molecule has 4 nitrogen and oxygen atoms in total. The molecule has 0 aromatic carbocycles. The average Bonchev–Trinajstić information content (AvgIpc) is 2.96. The molecule has 0 bridgehead atoms. The summed E-state index contributed by atoms with van der Waals surface area (Å²) < 4.78 is 1.27. The Kier molecular flexibility index (Phi) is 3.16. The van der Waals surface area contributed by atoms with Gasteiger partial charge in [-0.25, -0.2) is 4.79 Å². The molecule has 0 aliphatic rings. The van der Waals surface area contributed by atoms with E-state index in [4.69, 9.17) is 0 Å². The third-order valence-corrected chi connectivity index (χ3v) is 2.83. The van der Waals surface area contributed by atoms with Crippen LogP contribution >= 0.6 is 11.3 Å². The first-order chi connectivity index (χ1) is 7.79. The Hall–Kier alpha value is -1.88. The Balaban J connectivity index is 2.11. The van der Waals surface area contributed by atoms with Crippen LogP contribution in [-0.2, 0) is 0 Å². The van der Waals surface area contributed by atoms with E-state index in [1.807, 2.05) is 29.7 Å². The van der Waals surface area contributed by atoms with Gasteiger partial charge in [0.15, 0.2) is 0 Å². The van der Waals surface area contributed by atoms with E-state index in [-0.39, 0.29) is 6.03 Å². The first-order valence-corrected chi connectivity index (χ1v) is 5.67. The van der Waals surface area contributed by atoms with Crippen LogP contribution in [0.5, 0.6) is 0 Å². The summed E-state index contributed by atoms with van der Waals surface area (Å²) in [6, 6.07) is 5.57. The first kappa shape index (κ1) is 10.6. The van der Waals surface area contributed by atoms with Crippen molar-refractivity contribution in [2.45, 2.75) is 0 Å². The molecule has 0 spiro atoms. The van der Waals surface area contributed by atoms with E-state index in [1.54, 1.807) is 30.6 Å². The van der Waals surface area contributed by atoms with Crippen molar-refractivity contribution in [1.29, 1.82) is 0 Å². The minimum Gasteiger partial charge on any atom is -0.339 e. The van der Waals surface area contributed by atoms with Gasteiger partial charge in [0.25, 0.3) is 0 Å². The lowest BCUT2D eigenvalue weighted by molar-refractivity contribution is 0.241. The van der Waals surface area contributed by atoms with Crippen molar-refractivity contribution in [3.63, 3.8) is 0 Å². The number of hydrogen-bond donors (Lipinski definition) is 1. The van der Waals surface area contributed by atoms with Gasteiger partial charge >= 0.3 is 6.03 Å². The summed E-state index contributed by atoms with van der Waals surface area (Å²) in [6.45, 7) is 0. The maximum absolute atomic E-state index is 11.2. The molecule has 16 heavy (non-hydrogen) atoms. The van der Waals surface area contributed by atoms with Crippen molar-refractivity contribution in [3.05, 3.63) is 40.3 Å². The number of amides is 1. The van der Waals surface area contributed by atoms with E-state index in [0.717, 1.165) is 10.6 Å². The van der Waals surface area contributed by atoms with E-state index < -0.39 is 0 Å². The molecule has 0 saturated heterocycles. The van der Waals surface area contributed by atoms with Crippen LogP contribution in [0, 0.1) is 0 Å². The number of hydrogen-bond acceptors (Lipinski definition) is 3. The largest absolute Gasteiger partial charge is 0.341 e. The molecule has 2 aromatic heterocycles. The smallest absolute Gasteiger partial charge is 0.339 e. The number of carbonyl (C=O) groups is 1. The van der Waals surface area contributed by atoms with Crippen LogP contribution in [0.25, 0.3) is 12.2 Å². The highest BCUT2D eigenvalue weighted by Gasteiger charge is 2.01. The van der Waals surface area contributed by atoms with Gasteiger partial charge in [-0.1, -0.05) is 6.07 Å². The lowest BCUT2D eigenvalue weighted by Gasteiger charge is -1.95. The number of thiophene rings is 1. The Morgan fingerprint density at radius 2 is 2.38 bits per heavy atom. The predicted molar refractivity (Wildman–Crippen MR) is 65.3 cm³/mol. The monoisotopic (exact) mass is 233 g/mol. The second kappa shape index (κ2) is 4.76. The first-order valence-electron chi connectivity index (χ1n) is 4.79. The van der Waals surface area contributed by atoms with Gasteiger partial charge in [0.2, 0.25) is 0 Å². The normalized spacial score (nSPS) is 10.8. The summed E-state index contributed by atoms with van der Waals surface area (Å²) in [4.78, 5) is 12.4. The van der Waals surface area contributed by atoms with Crippen LogP contribution in [0.3, 0.4) is 0 Å². The van der Waals surface area contributed by atoms with Crippen molar-refractivity contribution in [2.24, 2.45) is 0 Å². The van der Waals surface area contributed by atoms with Crippen LogP contribution < -0.4 is 5.32 Å². The van der Waals surface area contributed by atoms with E-state index in [1.165, 1.54) is 4.68 Å². The molecule has 82 valence electrons. The van der Waals surface area contributed by atoms with Crippen LogP contribution in [0.1, 0.15) is 10.6 Å². The average molecular weight is 233 g/mol. The van der Waals surface area contributed by atoms with E-state index >= 15 is 0 Å². The molecule has 0 unspecified atom stereocenters. The minimum atomic E-state index is -0.240. The van der Waals surface area contributed by atoms with Gasteiger partial charge in [-0.15, -0.1) is 11.3 Å². The quantitative estimate of drug-likeness (QED) is 0.865. The highest BCUT2D eigenvalue weighted by atomic mass is 32.1. The molecule has 0 aliphatic heterocycles. The van der Waals surface area contributed by atoms with Crippen molar-refractivity contribution >= 4 is 29.5 Å². The lowest BCUT2D eigenvalue weighted by atomic mass is 10.3. The molecule has 0 saturated carbocycles. The van der Waals surface area contributed by atoms with Crippen LogP contribution in [-0.4, -0.2) is 22.9 Å². The molecule has 0 radical (unpaired) electrons. The standard InChI is InChI=1S/C11H11N3OS/c1-12-11(15)14-7-6-9(13-14)4-5-10-3-2-8-16-10/h2-8H,1H3,(H,12,15)/b5-4+. The van der Waals surface area contributed by atoms with E-state index in [0.29, 0.717) is 0 Å². The van der Waals surface area contributed by atoms with Crippen molar-refractivity contribution in [1.82, 2.24) is 15.1 Å². The molecule has 5 heteroatoms. The van der Waals surface area contributed by atoms with E-state index in [9.17, 15) is 4.79 Å². The zero-order valence-corrected chi connectivity index (χ0v) is 9.57. The van der Waals surface area contributed by atoms with Gasteiger partial charge in [0, 0.05) is 18.1 Å². The Bertz CT molecular complexity index is 499. The second-order valence-corrected chi connectivity index (χ2v) is 4.07. The Morgan fingerprint density at radius 3 is 3.06 bits per heavy atom. The number of rotatable bonds is 2. The molecule has 1 N–H and O–H groups in total. The third-order valence-electron chi connectivity index (χ3n) is 1.99. The zero-order chi connectivity index (χ0) is 11.4. The number of nitrogens with one attached hydrogen (secondary N) is 1. The van der Waals surface area contributed by atoms with Crippen LogP contribution in [0.2, 0.25) is 0 Å². The Labute approximate surface area is 97.2 Å². The Morgan fingerprint density at radius 1 is 1.50 bits per heavy atom. The maximum Gasteiger partial charge on any atom is 0.341 e. The van der Waals surface area contributed by atoms with Gasteiger partial charge < -0.3 is 5.32 Å². The van der Waals surface area contributed by atoms with Crippen molar-refractivity contribution < 1.29 is 4.79 Å². The number of carbonyl (C=O) groups excluding carboxylic acids is 1. The summed E-state index contributed by atoms with van der Waals surface area (Å²) in [5.41, 5.74) is 0.761. The highest BCUT2D eigenvalue weighted by Crippen LogP contribution is 2.12. The predicted octanol–water partition coefficient (Wildman–Crippen LogP) is 2.30. The number of aromatic nitrogens is 2. The molecular weight excluding hydrogens is 222 g/mol. The second-order valence-electron chi connectivity index (χ2n) is 3.09. The zero-order valence-electron chi connectivity index (χ0n) is 8.75. The third kappa shape index (κ3) is 2.38. The van der Waals surface area contributed by atoms with Gasteiger partial charge in [0.1, 0.15) is 0 Å². The highest BCUT2D eigenvalue weighted by molar-refractivity contribution is 7.10. The van der Waals surface area contributed by atoms with Gasteiger partial charge in [-0.3, -0.25) is 0 Å². The summed E-state index contributed by atoms with van der Waals surface area (Å²) in [7, 11) is 1.57. The fourth-order valence-electron chi connectivity index (χ4n) is 1.21. The molecule has 1 amide bonds. The molecule has 2 heterocycles. The lowest BCUT2D eigenvalue weighted by Crippen LogP contribution is -2.24. The SMILES string of the molecule is CNC(=O)n1ccc(/C=C/c2cccs2)n1. The fraction of sp³-hybridized carbons (Fsp3) is 0.0909. The molecule has 2 aromatic rings. The number of nitrogens with zero attached hydrogens (tertiary/aromatic N) is 2. The summed E-state index contributed by atoms with van der Waals surface area (Å²) >= 11 is 1.66. The van der Waals surface area contributed by atoms with E-state index in [2.05, 4.69) is 10.4 Å². The summed E-state index contributed by atoms with van der Waals surface area (Å²) in [5, 5.41) is 8.62. The van der Waals surface area contributed by atoms with Crippen LogP contribution in [0.15, 0.2) is 29.8 Å². The summed E-state index contributed by atoms with van der Waals surface area (Å²) in [6.07, 6.45) is 5.49. The molecular formula is C11H11N3OS. The van der Waals surface area contributed by atoms with Crippen LogP contribution in [0.4, 0.5) is 4.79 Å². The molecule has 0 aliphatic carbocycles. The van der Waals surface area contributed by atoms with Gasteiger partial charge in [-0.2, -0.15) is 9.78 Å². The van der Waals surface area contributed by atoms with Crippen molar-refractivity contribution in [2.75, 3.05) is 7.05 Å². The van der Waals surface area contributed by atoms with Gasteiger partial charge in [0.05, 0.1) is 5.69 Å². The maximum atomic E-state index is 11.2. The molecule has 0 fully saturated rings. The van der Waals surface area contributed by atoms with Gasteiger partial charge in [-0.05, 0) is 29.7 Å². The van der Waals surface area contributed by atoms with Crippen molar-refractivity contribution in [3.8, 4) is 0 Å². The molecule has 0 atom stereocenters. The summed E-state index contributed by atoms with van der Waals surface area (Å²) in [5.74, 6) is 0. The molecule has 2 rings (SSSR count). The topological polar surface area (TPSA) is 46.9 Å². The fourth-order valence-corrected chi connectivity index (χ4v) is 1.83.